The van der Waals surface area contributed by atoms with Crippen molar-refractivity contribution < 1.29 is 4.74 Å². The molecule has 7 heteroatoms. The molecule has 7 nitrogen and oxygen atoms in total. The van der Waals surface area contributed by atoms with Crippen LogP contribution in [0, 0.1) is 11.3 Å². The van der Waals surface area contributed by atoms with Crippen LogP contribution in [0.4, 0.5) is 17.3 Å². The van der Waals surface area contributed by atoms with Gasteiger partial charge < -0.3 is 19.9 Å². The van der Waals surface area contributed by atoms with Crippen molar-refractivity contribution in [1.29, 1.82) is 5.26 Å². The van der Waals surface area contributed by atoms with Gasteiger partial charge in [0, 0.05) is 49.3 Å². The van der Waals surface area contributed by atoms with E-state index in [1.54, 1.807) is 12.3 Å². The Hall–Kier alpha value is -3.63. The highest BCUT2D eigenvalue weighted by Crippen LogP contribution is 2.27. The topological polar surface area (TPSA) is 77.3 Å². The number of hydrogen-bond acceptors (Lipinski definition) is 7. The molecule has 0 saturated carbocycles. The first-order valence-electron chi connectivity index (χ1n) is 10.9. The standard InChI is InChI=1S/C25H28N6O/c1-18(2)32-24-9-4-19(16-20(24)17-26)23-10-11-27-25(29-23)28-21-5-7-22(8-6-21)31-14-12-30(3)13-15-31/h4-11,16,18H,12-15H2,1-3H3,(H,27,28,29). The number of piperazine rings is 1. The maximum atomic E-state index is 9.50. The van der Waals surface area contributed by atoms with Gasteiger partial charge in [-0.15, -0.1) is 0 Å². The van der Waals surface area contributed by atoms with E-state index in [0.717, 1.165) is 43.1 Å². The van der Waals surface area contributed by atoms with E-state index < -0.39 is 0 Å². The van der Waals surface area contributed by atoms with Crippen molar-refractivity contribution in [3.05, 3.63) is 60.3 Å². The number of rotatable bonds is 6. The quantitative estimate of drug-likeness (QED) is 0.627. The number of likely N-dealkylation sites (N-methyl/N-ethyl adjacent to an activating group) is 1. The number of nitrogens with zero attached hydrogens (tertiary/aromatic N) is 5. The summed E-state index contributed by atoms with van der Waals surface area (Å²) in [4.78, 5) is 13.7. The molecule has 164 valence electrons. The molecule has 0 bridgehead atoms. The Bertz CT molecular complexity index is 1100. The molecule has 4 rings (SSSR count). The average Bonchev–Trinajstić information content (AvgIpc) is 2.80. The predicted molar refractivity (Wildman–Crippen MR) is 127 cm³/mol. The summed E-state index contributed by atoms with van der Waals surface area (Å²) < 4.78 is 5.72. The molecule has 32 heavy (non-hydrogen) atoms. The fourth-order valence-corrected chi connectivity index (χ4v) is 3.66. The predicted octanol–water partition coefficient (Wildman–Crippen LogP) is 4.30. The fraction of sp³-hybridized carbons (Fsp3) is 0.320. The summed E-state index contributed by atoms with van der Waals surface area (Å²) in [6.45, 7) is 8.13. The zero-order valence-electron chi connectivity index (χ0n) is 18.7. The number of benzene rings is 2. The lowest BCUT2D eigenvalue weighted by Gasteiger charge is -2.34. The Morgan fingerprint density at radius 2 is 1.78 bits per heavy atom. The minimum absolute atomic E-state index is 0.00504. The van der Waals surface area contributed by atoms with Crippen LogP contribution in [0.3, 0.4) is 0 Å². The molecule has 2 heterocycles. The van der Waals surface area contributed by atoms with Crippen LogP contribution in [0.5, 0.6) is 5.75 Å². The molecule has 1 fully saturated rings. The summed E-state index contributed by atoms with van der Waals surface area (Å²) in [5.41, 5.74) is 4.23. The molecule has 0 atom stereocenters. The van der Waals surface area contributed by atoms with Crippen molar-refractivity contribution in [3.8, 4) is 23.1 Å². The second-order valence-electron chi connectivity index (χ2n) is 8.22. The number of ether oxygens (including phenoxy) is 1. The van der Waals surface area contributed by atoms with Crippen LogP contribution >= 0.6 is 0 Å². The van der Waals surface area contributed by atoms with Gasteiger partial charge in [-0.05, 0) is 69.4 Å². The number of anilines is 3. The summed E-state index contributed by atoms with van der Waals surface area (Å²) in [5.74, 6) is 1.09. The summed E-state index contributed by atoms with van der Waals surface area (Å²) in [5, 5.41) is 12.8. The number of nitrogens with one attached hydrogen (secondary N) is 1. The maximum absolute atomic E-state index is 9.50. The monoisotopic (exact) mass is 428 g/mol. The van der Waals surface area contributed by atoms with Gasteiger partial charge in [0.2, 0.25) is 5.95 Å². The Morgan fingerprint density at radius 3 is 2.47 bits per heavy atom. The second-order valence-corrected chi connectivity index (χ2v) is 8.22. The highest BCUT2D eigenvalue weighted by Gasteiger charge is 2.14. The van der Waals surface area contributed by atoms with Gasteiger partial charge in [0.25, 0.3) is 0 Å². The van der Waals surface area contributed by atoms with Crippen molar-refractivity contribution in [2.45, 2.75) is 20.0 Å². The van der Waals surface area contributed by atoms with Gasteiger partial charge >= 0.3 is 0 Å². The minimum Gasteiger partial charge on any atom is -0.490 e. The molecule has 1 saturated heterocycles. The van der Waals surface area contributed by atoms with E-state index in [1.807, 2.05) is 32.0 Å². The molecule has 2 aromatic carbocycles. The van der Waals surface area contributed by atoms with Crippen molar-refractivity contribution >= 4 is 17.3 Å². The third-order valence-corrected chi connectivity index (χ3v) is 5.41. The largest absolute Gasteiger partial charge is 0.490 e. The molecule has 1 aliphatic rings. The van der Waals surface area contributed by atoms with Crippen LogP contribution in [0.25, 0.3) is 11.3 Å². The van der Waals surface area contributed by atoms with Crippen molar-refractivity contribution in [2.75, 3.05) is 43.4 Å². The molecule has 3 aromatic rings. The van der Waals surface area contributed by atoms with Gasteiger partial charge in [-0.25, -0.2) is 9.97 Å². The van der Waals surface area contributed by atoms with Gasteiger partial charge in [0.1, 0.15) is 11.8 Å². The Balaban J connectivity index is 1.48. The van der Waals surface area contributed by atoms with Gasteiger partial charge in [0.05, 0.1) is 17.4 Å². The third kappa shape index (κ3) is 5.16. The van der Waals surface area contributed by atoms with E-state index in [4.69, 9.17) is 4.74 Å². The zero-order chi connectivity index (χ0) is 22.5. The van der Waals surface area contributed by atoms with Crippen molar-refractivity contribution in [3.63, 3.8) is 0 Å². The van der Waals surface area contributed by atoms with Crippen LogP contribution < -0.4 is 15.0 Å². The van der Waals surface area contributed by atoms with Crippen molar-refractivity contribution in [1.82, 2.24) is 14.9 Å². The lowest BCUT2D eigenvalue weighted by molar-refractivity contribution is 0.242. The third-order valence-electron chi connectivity index (χ3n) is 5.41. The normalized spacial score (nSPS) is 14.3. The van der Waals surface area contributed by atoms with Gasteiger partial charge in [-0.2, -0.15) is 5.26 Å². The smallest absolute Gasteiger partial charge is 0.227 e. The molecule has 0 radical (unpaired) electrons. The lowest BCUT2D eigenvalue weighted by atomic mass is 10.1. The summed E-state index contributed by atoms with van der Waals surface area (Å²) in [7, 11) is 2.16. The van der Waals surface area contributed by atoms with Gasteiger partial charge in [0.15, 0.2) is 0 Å². The Morgan fingerprint density at radius 1 is 1.03 bits per heavy atom. The van der Waals surface area contributed by atoms with Gasteiger partial charge in [-0.3, -0.25) is 0 Å². The van der Waals surface area contributed by atoms with Gasteiger partial charge in [-0.1, -0.05) is 0 Å². The van der Waals surface area contributed by atoms with Crippen LogP contribution in [0.1, 0.15) is 19.4 Å². The van der Waals surface area contributed by atoms with Crippen LogP contribution in [0.15, 0.2) is 54.7 Å². The molecule has 0 unspecified atom stereocenters. The SMILES string of the molecule is CC(C)Oc1ccc(-c2ccnc(Nc3ccc(N4CCN(C)CC4)cc3)n2)cc1C#N. The molecule has 0 spiro atoms. The molecule has 0 aliphatic carbocycles. The molecule has 0 amide bonds. The Labute approximate surface area is 189 Å². The molecular formula is C25H28N6O. The number of nitriles is 1. The summed E-state index contributed by atoms with van der Waals surface area (Å²) >= 11 is 0. The first-order chi connectivity index (χ1) is 15.5. The van der Waals surface area contributed by atoms with E-state index in [9.17, 15) is 5.26 Å². The number of aromatic nitrogens is 2. The van der Waals surface area contributed by atoms with E-state index in [2.05, 4.69) is 62.5 Å². The molecular weight excluding hydrogens is 400 g/mol. The average molecular weight is 429 g/mol. The molecule has 1 N–H and O–H groups in total. The van der Waals surface area contributed by atoms with E-state index in [1.165, 1.54) is 5.69 Å². The van der Waals surface area contributed by atoms with Crippen LogP contribution in [-0.4, -0.2) is 54.2 Å². The first-order valence-corrected chi connectivity index (χ1v) is 10.9. The lowest BCUT2D eigenvalue weighted by Crippen LogP contribution is -2.44. The highest BCUT2D eigenvalue weighted by molar-refractivity contribution is 5.66. The Kier molecular flexibility index (Phi) is 6.52. The fourth-order valence-electron chi connectivity index (χ4n) is 3.66. The van der Waals surface area contributed by atoms with E-state index >= 15 is 0 Å². The maximum Gasteiger partial charge on any atom is 0.227 e. The van der Waals surface area contributed by atoms with Crippen molar-refractivity contribution in [2.24, 2.45) is 0 Å². The minimum atomic E-state index is 0.00504. The van der Waals surface area contributed by atoms with Crippen LogP contribution in [-0.2, 0) is 0 Å². The van der Waals surface area contributed by atoms with E-state index in [-0.39, 0.29) is 6.10 Å². The van der Waals surface area contributed by atoms with E-state index in [0.29, 0.717) is 17.3 Å². The zero-order valence-corrected chi connectivity index (χ0v) is 18.7. The molecule has 1 aliphatic heterocycles. The van der Waals surface area contributed by atoms with Crippen LogP contribution in [0.2, 0.25) is 0 Å². The molecule has 1 aromatic heterocycles. The summed E-state index contributed by atoms with van der Waals surface area (Å²) in [6, 6.07) is 17.9. The highest BCUT2D eigenvalue weighted by atomic mass is 16.5. The summed E-state index contributed by atoms with van der Waals surface area (Å²) in [6.07, 6.45) is 1.72. The number of hydrogen-bond donors (Lipinski definition) is 1. The first kappa shape index (κ1) is 21.6. The second kappa shape index (κ2) is 9.67.